The van der Waals surface area contributed by atoms with E-state index < -0.39 is 8.32 Å². The van der Waals surface area contributed by atoms with E-state index in [1.54, 1.807) is 7.11 Å². The van der Waals surface area contributed by atoms with Crippen LogP contribution in [0.3, 0.4) is 0 Å². The highest BCUT2D eigenvalue weighted by molar-refractivity contribution is 6.71. The Morgan fingerprint density at radius 3 is 2.19 bits per heavy atom. The van der Waals surface area contributed by atoms with Gasteiger partial charge in [0.25, 0.3) is 0 Å². The van der Waals surface area contributed by atoms with Crippen molar-refractivity contribution >= 4 is 14.4 Å². The third kappa shape index (κ3) is 7.64. The number of hydrogen-bond acceptors (Lipinski definition) is 2. The Labute approximate surface area is 166 Å². The second-order valence-electron chi connectivity index (χ2n) is 7.87. The molecule has 0 saturated carbocycles. The molecule has 0 saturated heterocycles. The second kappa shape index (κ2) is 10.4. The van der Waals surface area contributed by atoms with Crippen molar-refractivity contribution in [3.05, 3.63) is 65.2 Å². The largest absolute Gasteiger partial charge is 0.544 e. The highest BCUT2D eigenvalue weighted by Gasteiger charge is 2.23. The van der Waals surface area contributed by atoms with E-state index in [0.717, 1.165) is 24.3 Å². The summed E-state index contributed by atoms with van der Waals surface area (Å²) >= 11 is 0. The topological polar surface area (TPSA) is 18.5 Å². The first kappa shape index (κ1) is 21.3. The molecule has 0 aliphatic carbocycles. The lowest BCUT2D eigenvalue weighted by Crippen LogP contribution is -2.33. The number of ether oxygens (including phenoxy) is 1. The number of benzene rings is 2. The van der Waals surface area contributed by atoms with Crippen molar-refractivity contribution in [1.82, 2.24) is 0 Å². The predicted molar refractivity (Wildman–Crippen MR) is 119 cm³/mol. The second-order valence-corrected chi connectivity index (χ2v) is 12.1. The van der Waals surface area contributed by atoms with Crippen LogP contribution in [-0.4, -0.2) is 15.4 Å². The Bertz CT molecular complexity index is 715. The molecular weight excluding hydrogens is 348 g/mol. The lowest BCUT2D eigenvalue weighted by atomic mass is 10.0. The normalized spacial score (nSPS) is 12.1. The van der Waals surface area contributed by atoms with E-state index in [1.165, 1.54) is 35.6 Å². The number of aryl methyl sites for hydroxylation is 1. The summed E-state index contributed by atoms with van der Waals surface area (Å²) in [5.74, 6) is 1.92. The minimum atomic E-state index is -1.59. The molecule has 2 rings (SSSR count). The SMILES string of the molecule is CCCC[Si](C)(C)Oc1ccc(CCC(C)=Cc2ccc(OC)cc2)cc1. The van der Waals surface area contributed by atoms with Crippen LogP contribution in [0.1, 0.15) is 44.2 Å². The monoisotopic (exact) mass is 382 g/mol. The molecule has 0 unspecified atom stereocenters. The first-order valence-corrected chi connectivity index (χ1v) is 13.1. The van der Waals surface area contributed by atoms with Crippen LogP contribution < -0.4 is 9.16 Å². The number of methoxy groups -OCH3 is 1. The van der Waals surface area contributed by atoms with E-state index in [2.05, 4.69) is 69.4 Å². The highest BCUT2D eigenvalue weighted by Crippen LogP contribution is 2.22. The molecule has 0 radical (unpaired) electrons. The van der Waals surface area contributed by atoms with Gasteiger partial charge in [0.2, 0.25) is 8.32 Å². The minimum absolute atomic E-state index is 0.896. The van der Waals surface area contributed by atoms with E-state index >= 15 is 0 Å². The Hall–Kier alpha value is -2.00. The molecule has 0 fully saturated rings. The van der Waals surface area contributed by atoms with Gasteiger partial charge in [0.05, 0.1) is 7.11 Å². The van der Waals surface area contributed by atoms with Crippen molar-refractivity contribution in [3.63, 3.8) is 0 Å². The Balaban J connectivity index is 1.87. The number of unbranched alkanes of at least 4 members (excludes halogenated alkanes) is 1. The van der Waals surface area contributed by atoms with E-state index in [-0.39, 0.29) is 0 Å². The average molecular weight is 383 g/mol. The van der Waals surface area contributed by atoms with Crippen LogP contribution in [0.15, 0.2) is 54.1 Å². The molecule has 0 aliphatic heterocycles. The molecule has 146 valence electrons. The maximum Gasteiger partial charge on any atom is 0.245 e. The third-order valence-electron chi connectivity index (χ3n) is 4.79. The fraction of sp³-hybridized carbons (Fsp3) is 0.417. The Kier molecular flexibility index (Phi) is 8.17. The summed E-state index contributed by atoms with van der Waals surface area (Å²) < 4.78 is 11.5. The lowest BCUT2D eigenvalue weighted by Gasteiger charge is -2.24. The molecule has 0 atom stereocenters. The Morgan fingerprint density at radius 2 is 1.59 bits per heavy atom. The lowest BCUT2D eigenvalue weighted by molar-refractivity contribution is 0.415. The summed E-state index contributed by atoms with van der Waals surface area (Å²) in [4.78, 5) is 0. The van der Waals surface area contributed by atoms with Crippen molar-refractivity contribution in [1.29, 1.82) is 0 Å². The molecule has 0 aliphatic rings. The molecule has 2 aromatic carbocycles. The van der Waals surface area contributed by atoms with Gasteiger partial charge in [-0.05, 0) is 74.3 Å². The molecule has 3 heteroatoms. The molecule has 0 amide bonds. The molecule has 0 bridgehead atoms. The molecular formula is C24H34O2Si. The minimum Gasteiger partial charge on any atom is -0.544 e. The van der Waals surface area contributed by atoms with Gasteiger partial charge < -0.3 is 9.16 Å². The van der Waals surface area contributed by atoms with Gasteiger partial charge in [-0.15, -0.1) is 0 Å². The summed E-state index contributed by atoms with van der Waals surface area (Å²) in [6, 6.07) is 18.1. The van der Waals surface area contributed by atoms with E-state index in [1.807, 2.05) is 12.1 Å². The van der Waals surface area contributed by atoms with Gasteiger partial charge in [-0.1, -0.05) is 55.7 Å². The molecule has 0 aromatic heterocycles. The van der Waals surface area contributed by atoms with Crippen LogP contribution in [0.5, 0.6) is 11.5 Å². The van der Waals surface area contributed by atoms with Gasteiger partial charge in [-0.2, -0.15) is 0 Å². The summed E-state index contributed by atoms with van der Waals surface area (Å²) in [5.41, 5.74) is 3.96. The molecule has 27 heavy (non-hydrogen) atoms. The van der Waals surface area contributed by atoms with Gasteiger partial charge in [0.15, 0.2) is 0 Å². The summed E-state index contributed by atoms with van der Waals surface area (Å²) in [5, 5.41) is 0. The number of hydrogen-bond donors (Lipinski definition) is 0. The van der Waals surface area contributed by atoms with E-state index in [9.17, 15) is 0 Å². The van der Waals surface area contributed by atoms with Crippen LogP contribution in [-0.2, 0) is 6.42 Å². The smallest absolute Gasteiger partial charge is 0.245 e. The quantitative estimate of drug-likeness (QED) is 0.407. The van der Waals surface area contributed by atoms with Gasteiger partial charge in [-0.25, -0.2) is 0 Å². The maximum absolute atomic E-state index is 6.30. The van der Waals surface area contributed by atoms with Gasteiger partial charge in [0.1, 0.15) is 11.5 Å². The molecule has 0 N–H and O–H groups in total. The molecule has 0 spiro atoms. The summed E-state index contributed by atoms with van der Waals surface area (Å²) in [6.45, 7) is 9.06. The highest BCUT2D eigenvalue weighted by atomic mass is 28.4. The number of allylic oxidation sites excluding steroid dienone is 1. The predicted octanol–water partition coefficient (Wildman–Crippen LogP) is 7.12. The van der Waals surface area contributed by atoms with Crippen LogP contribution in [0.2, 0.25) is 19.1 Å². The summed E-state index contributed by atoms with van der Waals surface area (Å²) in [7, 11) is 0.108. The average Bonchev–Trinajstić information content (AvgIpc) is 2.66. The first-order valence-electron chi connectivity index (χ1n) is 10.0. The zero-order valence-corrected chi connectivity index (χ0v) is 18.5. The van der Waals surface area contributed by atoms with Crippen LogP contribution in [0.4, 0.5) is 0 Å². The standard InChI is InChI=1S/C24H34O2Si/c1-6-7-18-27(4,5)26-24-16-10-21(11-17-24)9-8-20(2)19-22-12-14-23(25-3)15-13-22/h10-17,19H,6-9,18H2,1-5H3. The van der Waals surface area contributed by atoms with Crippen molar-refractivity contribution in [3.8, 4) is 11.5 Å². The van der Waals surface area contributed by atoms with E-state index in [0.29, 0.717) is 0 Å². The number of rotatable bonds is 10. The molecule has 2 aromatic rings. The maximum atomic E-state index is 6.30. The van der Waals surface area contributed by atoms with Crippen molar-refractivity contribution in [2.45, 2.75) is 58.7 Å². The fourth-order valence-electron chi connectivity index (χ4n) is 3.10. The zero-order valence-electron chi connectivity index (χ0n) is 17.5. The van der Waals surface area contributed by atoms with Crippen LogP contribution in [0.25, 0.3) is 6.08 Å². The first-order chi connectivity index (χ1) is 12.9. The van der Waals surface area contributed by atoms with Gasteiger partial charge in [-0.3, -0.25) is 0 Å². The van der Waals surface area contributed by atoms with Crippen molar-refractivity contribution in [2.75, 3.05) is 7.11 Å². The van der Waals surface area contributed by atoms with Gasteiger partial charge >= 0.3 is 0 Å². The van der Waals surface area contributed by atoms with Crippen molar-refractivity contribution in [2.24, 2.45) is 0 Å². The Morgan fingerprint density at radius 1 is 0.963 bits per heavy atom. The summed E-state index contributed by atoms with van der Waals surface area (Å²) in [6.07, 6.45) is 6.86. The molecule has 2 nitrogen and oxygen atoms in total. The van der Waals surface area contributed by atoms with Gasteiger partial charge in [0, 0.05) is 0 Å². The fourth-order valence-corrected chi connectivity index (χ4v) is 5.18. The third-order valence-corrected chi connectivity index (χ3v) is 7.13. The van der Waals surface area contributed by atoms with Crippen LogP contribution in [0, 0.1) is 0 Å². The zero-order chi connectivity index (χ0) is 19.7. The van der Waals surface area contributed by atoms with Crippen molar-refractivity contribution < 1.29 is 9.16 Å². The van der Waals surface area contributed by atoms with Crippen LogP contribution >= 0.6 is 0 Å². The van der Waals surface area contributed by atoms with E-state index in [4.69, 9.17) is 9.16 Å². The molecule has 0 heterocycles.